The lowest BCUT2D eigenvalue weighted by Gasteiger charge is -2.07. The smallest absolute Gasteiger partial charge is 0.144 e. The summed E-state index contributed by atoms with van der Waals surface area (Å²) in [4.78, 5) is 7.86. The average molecular weight is 335 g/mol. The van der Waals surface area contributed by atoms with E-state index in [1.165, 1.54) is 28.3 Å². The Kier molecular flexibility index (Phi) is 2.82. The molecule has 0 spiro atoms. The predicted octanol–water partition coefficient (Wildman–Crippen LogP) is 5.59. The van der Waals surface area contributed by atoms with E-state index in [0.29, 0.717) is 11.0 Å². The molecule has 0 unspecified atom stereocenters. The summed E-state index contributed by atoms with van der Waals surface area (Å²) in [6.45, 7) is 0. The molecule has 0 atom stereocenters. The van der Waals surface area contributed by atoms with Gasteiger partial charge in [0.05, 0.1) is 16.1 Å². The second kappa shape index (κ2) is 4.92. The van der Waals surface area contributed by atoms with Crippen LogP contribution in [-0.4, -0.2) is 9.97 Å². The minimum atomic E-state index is -0.442. The summed E-state index contributed by atoms with van der Waals surface area (Å²) < 4.78 is 13.7. The van der Waals surface area contributed by atoms with E-state index in [-0.39, 0.29) is 5.02 Å². The second-order valence-corrected chi connectivity index (χ2v) is 6.45. The maximum absolute atomic E-state index is 13.7. The van der Waals surface area contributed by atoms with E-state index in [9.17, 15) is 4.39 Å². The fraction of sp³-hybridized carbons (Fsp3) is 0.0500. The van der Waals surface area contributed by atoms with Crippen molar-refractivity contribution in [2.45, 2.75) is 6.42 Å². The zero-order valence-electron chi connectivity index (χ0n) is 12.6. The van der Waals surface area contributed by atoms with Crippen LogP contribution in [0.2, 0.25) is 5.02 Å². The molecule has 0 bridgehead atoms. The number of hydrogen-bond acceptors (Lipinski definition) is 1. The molecule has 0 radical (unpaired) electrons. The van der Waals surface area contributed by atoms with Crippen molar-refractivity contribution in [1.82, 2.24) is 9.97 Å². The van der Waals surface area contributed by atoms with E-state index >= 15 is 0 Å². The van der Waals surface area contributed by atoms with Gasteiger partial charge in [-0.25, -0.2) is 9.37 Å². The summed E-state index contributed by atoms with van der Waals surface area (Å²) in [5, 5.41) is 0.0872. The molecule has 3 aromatic carbocycles. The molecule has 0 aliphatic heterocycles. The molecule has 0 amide bonds. The normalized spacial score (nSPS) is 12.4. The highest BCUT2D eigenvalue weighted by atomic mass is 35.5. The van der Waals surface area contributed by atoms with Crippen molar-refractivity contribution in [2.75, 3.05) is 0 Å². The highest BCUT2D eigenvalue weighted by Gasteiger charge is 2.22. The number of aromatic nitrogens is 2. The Morgan fingerprint density at radius 3 is 2.67 bits per heavy atom. The Hall–Kier alpha value is -2.65. The van der Waals surface area contributed by atoms with Gasteiger partial charge in [-0.05, 0) is 34.7 Å². The van der Waals surface area contributed by atoms with Crippen LogP contribution in [0.3, 0.4) is 0 Å². The molecule has 1 aromatic heterocycles. The molecular formula is C20H12ClFN2. The Labute approximate surface area is 142 Å². The number of benzene rings is 3. The summed E-state index contributed by atoms with van der Waals surface area (Å²) in [5.74, 6) is 0.295. The number of rotatable bonds is 1. The van der Waals surface area contributed by atoms with Crippen LogP contribution in [0.1, 0.15) is 11.1 Å². The monoisotopic (exact) mass is 334 g/mol. The largest absolute Gasteiger partial charge is 0.338 e. The van der Waals surface area contributed by atoms with Crippen LogP contribution in [0.5, 0.6) is 0 Å². The van der Waals surface area contributed by atoms with Crippen LogP contribution in [0.4, 0.5) is 4.39 Å². The number of halogens is 2. The average Bonchev–Trinajstić information content (AvgIpc) is 3.16. The van der Waals surface area contributed by atoms with Gasteiger partial charge in [0.1, 0.15) is 11.6 Å². The van der Waals surface area contributed by atoms with Crippen molar-refractivity contribution in [1.29, 1.82) is 0 Å². The van der Waals surface area contributed by atoms with Crippen LogP contribution in [-0.2, 0) is 6.42 Å². The first-order valence-corrected chi connectivity index (χ1v) is 8.14. The van der Waals surface area contributed by atoms with Crippen molar-refractivity contribution >= 4 is 22.6 Å². The molecule has 5 rings (SSSR count). The zero-order chi connectivity index (χ0) is 16.3. The minimum absolute atomic E-state index is 0.0872. The summed E-state index contributed by atoms with van der Waals surface area (Å²) in [5.41, 5.74) is 7.41. The molecule has 1 N–H and O–H groups in total. The standard InChI is InChI=1S/C20H12ClFN2/c21-15-9-17-18(10-16(15)22)24-20(23-17)14-7-3-5-12-8-11-4-1-2-6-13(11)19(12)14/h1-7,9-10H,8H2,(H,23,24). The van der Waals surface area contributed by atoms with Gasteiger partial charge < -0.3 is 4.98 Å². The maximum Gasteiger partial charge on any atom is 0.144 e. The Balaban J connectivity index is 1.77. The number of nitrogens with zero attached hydrogens (tertiary/aromatic N) is 1. The summed E-state index contributed by atoms with van der Waals surface area (Å²) in [6, 6.07) is 17.6. The molecule has 0 saturated heterocycles. The summed E-state index contributed by atoms with van der Waals surface area (Å²) in [7, 11) is 0. The minimum Gasteiger partial charge on any atom is -0.338 e. The van der Waals surface area contributed by atoms with Crippen molar-refractivity contribution in [3.05, 3.63) is 76.6 Å². The van der Waals surface area contributed by atoms with E-state index in [1.807, 2.05) is 6.07 Å². The molecule has 0 fully saturated rings. The molecule has 1 aliphatic carbocycles. The van der Waals surface area contributed by atoms with Crippen molar-refractivity contribution in [3.63, 3.8) is 0 Å². The van der Waals surface area contributed by atoms with E-state index in [4.69, 9.17) is 11.6 Å². The van der Waals surface area contributed by atoms with Gasteiger partial charge in [0.15, 0.2) is 0 Å². The van der Waals surface area contributed by atoms with Gasteiger partial charge in [0.25, 0.3) is 0 Å². The topological polar surface area (TPSA) is 28.7 Å². The van der Waals surface area contributed by atoms with E-state index in [1.54, 1.807) is 6.07 Å². The van der Waals surface area contributed by atoms with Gasteiger partial charge in [-0.1, -0.05) is 54.1 Å². The Morgan fingerprint density at radius 2 is 1.75 bits per heavy atom. The number of H-pyrrole nitrogens is 1. The Morgan fingerprint density at radius 1 is 0.958 bits per heavy atom. The quantitative estimate of drug-likeness (QED) is 0.425. The van der Waals surface area contributed by atoms with Gasteiger partial charge in [-0.2, -0.15) is 0 Å². The number of nitrogens with one attached hydrogen (secondary N) is 1. The maximum atomic E-state index is 13.7. The zero-order valence-corrected chi connectivity index (χ0v) is 13.4. The third-order valence-electron chi connectivity index (χ3n) is 4.60. The molecule has 24 heavy (non-hydrogen) atoms. The number of hydrogen-bond donors (Lipinski definition) is 1. The number of aromatic amines is 1. The number of fused-ring (bicyclic) bond motifs is 4. The molecule has 4 heteroatoms. The first-order chi connectivity index (χ1) is 11.7. The van der Waals surface area contributed by atoms with Gasteiger partial charge in [0, 0.05) is 11.6 Å². The van der Waals surface area contributed by atoms with Gasteiger partial charge >= 0.3 is 0 Å². The van der Waals surface area contributed by atoms with Crippen LogP contribution >= 0.6 is 11.6 Å². The summed E-state index contributed by atoms with van der Waals surface area (Å²) >= 11 is 5.87. The molecule has 1 heterocycles. The van der Waals surface area contributed by atoms with E-state index < -0.39 is 5.82 Å². The molecule has 4 aromatic rings. The molecule has 1 aliphatic rings. The second-order valence-electron chi connectivity index (χ2n) is 6.04. The Bertz CT molecular complexity index is 1080. The first kappa shape index (κ1) is 13.8. The van der Waals surface area contributed by atoms with Crippen LogP contribution in [0, 0.1) is 5.82 Å². The highest BCUT2D eigenvalue weighted by molar-refractivity contribution is 6.31. The lowest BCUT2D eigenvalue weighted by Crippen LogP contribution is -1.87. The predicted molar refractivity (Wildman–Crippen MR) is 94.7 cm³/mol. The third-order valence-corrected chi connectivity index (χ3v) is 4.89. The van der Waals surface area contributed by atoms with Crippen molar-refractivity contribution in [2.24, 2.45) is 0 Å². The van der Waals surface area contributed by atoms with E-state index in [2.05, 4.69) is 46.4 Å². The van der Waals surface area contributed by atoms with Crippen molar-refractivity contribution in [3.8, 4) is 22.5 Å². The first-order valence-electron chi connectivity index (χ1n) is 7.76. The third kappa shape index (κ3) is 1.91. The fourth-order valence-corrected chi connectivity index (χ4v) is 3.68. The van der Waals surface area contributed by atoms with E-state index in [0.717, 1.165) is 17.8 Å². The SMILES string of the molecule is Fc1cc2[nH]c(-c3cccc4c3-c3ccccc3C4)nc2cc1Cl. The highest BCUT2D eigenvalue weighted by Crippen LogP contribution is 2.42. The lowest BCUT2D eigenvalue weighted by molar-refractivity contribution is 0.630. The van der Waals surface area contributed by atoms with Gasteiger partial charge in [-0.3, -0.25) is 0 Å². The van der Waals surface area contributed by atoms with Gasteiger partial charge in [0.2, 0.25) is 0 Å². The molecule has 0 saturated carbocycles. The molecule has 2 nitrogen and oxygen atoms in total. The molecular weight excluding hydrogens is 323 g/mol. The van der Waals surface area contributed by atoms with Gasteiger partial charge in [-0.15, -0.1) is 0 Å². The summed E-state index contributed by atoms with van der Waals surface area (Å²) in [6.07, 6.45) is 0.931. The lowest BCUT2D eigenvalue weighted by atomic mass is 9.99. The van der Waals surface area contributed by atoms with Crippen LogP contribution in [0.15, 0.2) is 54.6 Å². The van der Waals surface area contributed by atoms with Crippen LogP contribution < -0.4 is 0 Å². The molecule has 116 valence electrons. The van der Waals surface area contributed by atoms with Crippen LogP contribution in [0.25, 0.3) is 33.5 Å². The fourth-order valence-electron chi connectivity index (χ4n) is 3.52. The number of imidazole rings is 1. The van der Waals surface area contributed by atoms with Crippen molar-refractivity contribution < 1.29 is 4.39 Å².